The Bertz CT molecular complexity index is 268. The quantitative estimate of drug-likeness (QED) is 0.630. The van der Waals surface area contributed by atoms with Crippen LogP contribution < -0.4 is 11.3 Å². The third kappa shape index (κ3) is 3.21. The molecule has 3 N–H and O–H groups in total. The minimum absolute atomic E-state index is 0.351. The molecule has 1 fully saturated rings. The molecule has 84 valence electrons. The van der Waals surface area contributed by atoms with Gasteiger partial charge in [-0.2, -0.15) is 23.1 Å². The average molecular weight is 242 g/mol. The second kappa shape index (κ2) is 5.89. The predicted octanol–water partition coefficient (Wildman–Crippen LogP) is 2.79. The van der Waals surface area contributed by atoms with E-state index >= 15 is 0 Å². The van der Waals surface area contributed by atoms with Crippen LogP contribution in [0.5, 0.6) is 0 Å². The maximum atomic E-state index is 5.63. The highest BCUT2D eigenvalue weighted by Crippen LogP contribution is 2.31. The van der Waals surface area contributed by atoms with Crippen molar-refractivity contribution in [1.82, 2.24) is 5.43 Å². The highest BCUT2D eigenvalue weighted by molar-refractivity contribution is 7.99. The summed E-state index contributed by atoms with van der Waals surface area (Å²) in [7, 11) is 0. The summed E-state index contributed by atoms with van der Waals surface area (Å²) >= 11 is 3.83. The lowest BCUT2D eigenvalue weighted by Crippen LogP contribution is -2.30. The van der Waals surface area contributed by atoms with Crippen molar-refractivity contribution in [2.45, 2.75) is 25.3 Å². The lowest BCUT2D eigenvalue weighted by Gasteiger charge is -2.25. The molecular formula is C11H18N2S2. The SMILES string of the molecule is NNC(CC1CCSCC1)c1ccsc1. The van der Waals surface area contributed by atoms with Crippen LogP contribution in [-0.2, 0) is 0 Å². The standard InChI is InChI=1S/C11H18N2S2/c12-13-11(10-3-6-15-8-10)7-9-1-4-14-5-2-9/h3,6,8-9,11,13H,1-2,4-5,7,12H2. The molecule has 1 aromatic heterocycles. The van der Waals surface area contributed by atoms with E-state index in [-0.39, 0.29) is 0 Å². The molecule has 1 aliphatic heterocycles. The van der Waals surface area contributed by atoms with Crippen LogP contribution in [0.25, 0.3) is 0 Å². The molecule has 0 spiro atoms. The number of nitrogens with one attached hydrogen (secondary N) is 1. The highest BCUT2D eigenvalue weighted by atomic mass is 32.2. The van der Waals surface area contributed by atoms with E-state index in [1.54, 1.807) is 11.3 Å². The Balaban J connectivity index is 1.90. The molecule has 0 aromatic carbocycles. The predicted molar refractivity (Wildman–Crippen MR) is 69.0 cm³/mol. The van der Waals surface area contributed by atoms with Crippen molar-refractivity contribution in [3.63, 3.8) is 0 Å². The molecule has 1 saturated heterocycles. The van der Waals surface area contributed by atoms with Gasteiger partial charge in [0.05, 0.1) is 0 Å². The fraction of sp³-hybridized carbons (Fsp3) is 0.636. The molecule has 15 heavy (non-hydrogen) atoms. The zero-order chi connectivity index (χ0) is 10.5. The number of nitrogens with two attached hydrogens (primary N) is 1. The molecular weight excluding hydrogens is 224 g/mol. The fourth-order valence-corrected chi connectivity index (χ4v) is 4.01. The number of hydrazine groups is 1. The Hall–Kier alpha value is -0.0300. The molecule has 2 nitrogen and oxygen atoms in total. The topological polar surface area (TPSA) is 38.0 Å². The first kappa shape index (κ1) is 11.5. The molecule has 0 radical (unpaired) electrons. The second-order valence-corrected chi connectivity index (χ2v) is 6.07. The number of thioether (sulfide) groups is 1. The van der Waals surface area contributed by atoms with Crippen LogP contribution in [0, 0.1) is 5.92 Å². The summed E-state index contributed by atoms with van der Waals surface area (Å²) in [5.41, 5.74) is 4.30. The van der Waals surface area contributed by atoms with E-state index in [9.17, 15) is 0 Å². The van der Waals surface area contributed by atoms with Gasteiger partial charge in [-0.1, -0.05) is 0 Å². The molecule has 2 rings (SSSR count). The second-order valence-electron chi connectivity index (χ2n) is 4.07. The van der Waals surface area contributed by atoms with Gasteiger partial charge in [-0.25, -0.2) is 0 Å². The van der Waals surface area contributed by atoms with Gasteiger partial charge in [0.1, 0.15) is 0 Å². The Morgan fingerprint density at radius 3 is 2.87 bits per heavy atom. The Morgan fingerprint density at radius 1 is 1.47 bits per heavy atom. The van der Waals surface area contributed by atoms with Crippen LogP contribution >= 0.6 is 23.1 Å². The smallest absolute Gasteiger partial charge is 0.0470 e. The summed E-state index contributed by atoms with van der Waals surface area (Å²) in [6, 6.07) is 2.52. The van der Waals surface area contributed by atoms with Crippen molar-refractivity contribution < 1.29 is 0 Å². The summed E-state index contributed by atoms with van der Waals surface area (Å²) < 4.78 is 0. The Morgan fingerprint density at radius 2 is 2.27 bits per heavy atom. The van der Waals surface area contributed by atoms with E-state index in [1.807, 2.05) is 0 Å². The summed E-state index contributed by atoms with van der Waals surface area (Å²) in [6.45, 7) is 0. The van der Waals surface area contributed by atoms with Gasteiger partial charge in [0.15, 0.2) is 0 Å². The molecule has 1 aromatic rings. The van der Waals surface area contributed by atoms with Gasteiger partial charge in [-0.15, -0.1) is 0 Å². The van der Waals surface area contributed by atoms with E-state index in [1.165, 1.54) is 36.3 Å². The molecule has 4 heteroatoms. The van der Waals surface area contributed by atoms with E-state index < -0.39 is 0 Å². The van der Waals surface area contributed by atoms with Crippen molar-refractivity contribution in [2.75, 3.05) is 11.5 Å². The Kier molecular flexibility index (Phi) is 4.50. The molecule has 0 bridgehead atoms. The van der Waals surface area contributed by atoms with Gasteiger partial charge >= 0.3 is 0 Å². The molecule has 2 heterocycles. The lowest BCUT2D eigenvalue weighted by atomic mass is 9.92. The van der Waals surface area contributed by atoms with Crippen molar-refractivity contribution in [3.05, 3.63) is 22.4 Å². The van der Waals surface area contributed by atoms with E-state index in [0.29, 0.717) is 6.04 Å². The molecule has 1 atom stereocenters. The van der Waals surface area contributed by atoms with Crippen molar-refractivity contribution >= 4 is 23.1 Å². The minimum Gasteiger partial charge on any atom is -0.271 e. The molecule has 1 unspecified atom stereocenters. The van der Waals surface area contributed by atoms with Crippen molar-refractivity contribution in [3.8, 4) is 0 Å². The number of thiophene rings is 1. The maximum absolute atomic E-state index is 5.63. The minimum atomic E-state index is 0.351. The Labute approximate surface area is 99.6 Å². The first-order valence-corrected chi connectivity index (χ1v) is 7.56. The molecule has 0 saturated carbocycles. The van der Waals surface area contributed by atoms with Crippen molar-refractivity contribution in [2.24, 2.45) is 11.8 Å². The summed E-state index contributed by atoms with van der Waals surface area (Å²) in [5, 5.41) is 4.32. The van der Waals surface area contributed by atoms with Crippen LogP contribution in [0.2, 0.25) is 0 Å². The van der Waals surface area contributed by atoms with Gasteiger partial charge in [0.2, 0.25) is 0 Å². The van der Waals surface area contributed by atoms with Crippen molar-refractivity contribution in [1.29, 1.82) is 0 Å². The molecule has 0 amide bonds. The molecule has 0 aliphatic carbocycles. The summed E-state index contributed by atoms with van der Waals surface area (Å²) in [5.74, 6) is 9.13. The van der Waals surface area contributed by atoms with Crippen LogP contribution in [0.4, 0.5) is 0 Å². The van der Waals surface area contributed by atoms with Gasteiger partial charge in [-0.05, 0) is 59.1 Å². The van der Waals surface area contributed by atoms with Crippen LogP contribution in [-0.4, -0.2) is 11.5 Å². The third-order valence-electron chi connectivity index (χ3n) is 3.06. The normalized spacial score (nSPS) is 20.3. The average Bonchev–Trinajstić information content (AvgIpc) is 2.81. The lowest BCUT2D eigenvalue weighted by molar-refractivity contribution is 0.374. The number of rotatable bonds is 4. The first-order valence-electron chi connectivity index (χ1n) is 5.46. The molecule has 1 aliphatic rings. The zero-order valence-electron chi connectivity index (χ0n) is 8.82. The van der Waals surface area contributed by atoms with Gasteiger partial charge in [-0.3, -0.25) is 11.3 Å². The maximum Gasteiger partial charge on any atom is 0.0470 e. The number of hydrogen-bond donors (Lipinski definition) is 2. The van der Waals surface area contributed by atoms with Crippen LogP contribution in [0.15, 0.2) is 16.8 Å². The highest BCUT2D eigenvalue weighted by Gasteiger charge is 2.19. The zero-order valence-corrected chi connectivity index (χ0v) is 10.4. The first-order chi connectivity index (χ1) is 7.40. The van der Waals surface area contributed by atoms with Gasteiger partial charge in [0.25, 0.3) is 0 Å². The van der Waals surface area contributed by atoms with Crippen LogP contribution in [0.1, 0.15) is 30.9 Å². The van der Waals surface area contributed by atoms with Gasteiger partial charge < -0.3 is 0 Å². The number of hydrogen-bond acceptors (Lipinski definition) is 4. The monoisotopic (exact) mass is 242 g/mol. The largest absolute Gasteiger partial charge is 0.271 e. The summed E-state index contributed by atoms with van der Waals surface area (Å²) in [4.78, 5) is 0. The van der Waals surface area contributed by atoms with Crippen LogP contribution in [0.3, 0.4) is 0 Å². The van der Waals surface area contributed by atoms with E-state index in [2.05, 4.69) is 34.0 Å². The summed E-state index contributed by atoms with van der Waals surface area (Å²) in [6.07, 6.45) is 3.90. The third-order valence-corrected chi connectivity index (χ3v) is 4.81. The van der Waals surface area contributed by atoms with Gasteiger partial charge in [0, 0.05) is 6.04 Å². The van der Waals surface area contributed by atoms with E-state index in [4.69, 9.17) is 5.84 Å². The fourth-order valence-electron chi connectivity index (χ4n) is 2.09. The van der Waals surface area contributed by atoms with E-state index in [0.717, 1.165) is 5.92 Å².